The molecule has 0 aliphatic rings. The van der Waals surface area contributed by atoms with Crippen molar-refractivity contribution >= 4 is 8.88 Å². The predicted molar refractivity (Wildman–Crippen MR) is 103 cm³/mol. The van der Waals surface area contributed by atoms with Gasteiger partial charge in [0.15, 0.2) is 0 Å². The van der Waals surface area contributed by atoms with Crippen LogP contribution in [0.1, 0.15) is 79.1 Å². The van der Waals surface area contributed by atoms with E-state index in [1.807, 2.05) is 14.2 Å². The average Bonchev–Trinajstić information content (AvgIpc) is 2.58. The van der Waals surface area contributed by atoms with Crippen LogP contribution < -0.4 is 0 Å². The summed E-state index contributed by atoms with van der Waals surface area (Å²) in [5.41, 5.74) is 0. The minimum Gasteiger partial charge on any atom is -0.374 e. The van der Waals surface area contributed by atoms with Gasteiger partial charge in [-0.05, 0) is 51.9 Å². The standard InChI is InChI=1S/C18H42N2O2Si/c1-7-11-15-19(16-12-8-2)23(21-5,22-6)20(17-13-9-3)18-14-10-4/h7-18H2,1-6H3. The van der Waals surface area contributed by atoms with Gasteiger partial charge in [-0.1, -0.05) is 53.4 Å². The lowest BCUT2D eigenvalue weighted by molar-refractivity contribution is 0.0896. The van der Waals surface area contributed by atoms with Crippen molar-refractivity contribution in [3.05, 3.63) is 0 Å². The second kappa shape index (κ2) is 14.4. The smallest absolute Gasteiger partial charge is 0.374 e. The third-order valence-corrected chi connectivity index (χ3v) is 8.01. The normalized spacial score (nSPS) is 12.5. The largest absolute Gasteiger partial charge is 0.521 e. The second-order valence-corrected chi connectivity index (χ2v) is 9.52. The highest BCUT2D eigenvalue weighted by atomic mass is 28.4. The van der Waals surface area contributed by atoms with Crippen molar-refractivity contribution in [3.63, 3.8) is 0 Å². The summed E-state index contributed by atoms with van der Waals surface area (Å²) < 4.78 is 17.4. The molecule has 0 bridgehead atoms. The van der Waals surface area contributed by atoms with E-state index in [1.165, 1.54) is 51.4 Å². The second-order valence-electron chi connectivity index (χ2n) is 6.35. The van der Waals surface area contributed by atoms with Crippen molar-refractivity contribution < 1.29 is 8.85 Å². The Balaban J connectivity index is 5.33. The molecule has 0 aliphatic heterocycles. The third kappa shape index (κ3) is 7.65. The molecule has 0 aromatic carbocycles. The van der Waals surface area contributed by atoms with Crippen LogP contribution in [0.5, 0.6) is 0 Å². The van der Waals surface area contributed by atoms with Crippen LogP contribution in [0.2, 0.25) is 0 Å². The average molecular weight is 347 g/mol. The summed E-state index contributed by atoms with van der Waals surface area (Å²) in [7, 11) is 1.22. The van der Waals surface area contributed by atoms with Gasteiger partial charge in [-0.25, -0.2) is 0 Å². The third-order valence-electron chi connectivity index (χ3n) is 4.46. The minimum absolute atomic E-state index is 1.08. The first-order chi connectivity index (χ1) is 11.2. The van der Waals surface area contributed by atoms with Crippen molar-refractivity contribution in [3.8, 4) is 0 Å². The monoisotopic (exact) mass is 346 g/mol. The lowest BCUT2D eigenvalue weighted by atomic mass is 10.3. The molecule has 0 heterocycles. The Bertz CT molecular complexity index is 225. The van der Waals surface area contributed by atoms with Crippen LogP contribution in [0.3, 0.4) is 0 Å². The number of hydrogen-bond donors (Lipinski definition) is 0. The van der Waals surface area contributed by atoms with E-state index in [-0.39, 0.29) is 0 Å². The van der Waals surface area contributed by atoms with Gasteiger partial charge in [-0.2, -0.15) is 0 Å². The lowest BCUT2D eigenvalue weighted by Crippen LogP contribution is -2.69. The molecule has 140 valence electrons. The van der Waals surface area contributed by atoms with Crippen LogP contribution in [0, 0.1) is 0 Å². The van der Waals surface area contributed by atoms with Crippen LogP contribution in [-0.4, -0.2) is 58.4 Å². The maximum absolute atomic E-state index is 6.17. The molecule has 0 aromatic rings. The highest BCUT2D eigenvalue weighted by Crippen LogP contribution is 2.21. The van der Waals surface area contributed by atoms with Crippen molar-refractivity contribution in [1.29, 1.82) is 0 Å². The molecule has 0 rings (SSSR count). The predicted octanol–water partition coefficient (Wildman–Crippen LogP) is 4.52. The zero-order valence-corrected chi connectivity index (χ0v) is 17.7. The maximum atomic E-state index is 6.17. The van der Waals surface area contributed by atoms with E-state index in [2.05, 4.69) is 36.8 Å². The molecular weight excluding hydrogens is 304 g/mol. The van der Waals surface area contributed by atoms with Gasteiger partial charge in [-0.15, -0.1) is 0 Å². The molecule has 5 heteroatoms. The van der Waals surface area contributed by atoms with Crippen LogP contribution in [0.4, 0.5) is 0 Å². The van der Waals surface area contributed by atoms with Gasteiger partial charge < -0.3 is 8.85 Å². The fraction of sp³-hybridized carbons (Fsp3) is 1.00. The Morgan fingerprint density at radius 2 is 0.826 bits per heavy atom. The maximum Gasteiger partial charge on any atom is 0.521 e. The van der Waals surface area contributed by atoms with Crippen LogP contribution >= 0.6 is 0 Å². The van der Waals surface area contributed by atoms with Gasteiger partial charge in [0, 0.05) is 14.2 Å². The fourth-order valence-corrected chi connectivity index (χ4v) is 6.35. The summed E-state index contributed by atoms with van der Waals surface area (Å²) in [6, 6.07) is 0. The van der Waals surface area contributed by atoms with Crippen molar-refractivity contribution in [2.75, 3.05) is 40.4 Å². The topological polar surface area (TPSA) is 24.9 Å². The highest BCUT2D eigenvalue weighted by molar-refractivity contribution is 6.61. The molecule has 0 aliphatic carbocycles. The molecule has 0 amide bonds. The van der Waals surface area contributed by atoms with Crippen LogP contribution in [0.15, 0.2) is 0 Å². The molecule has 0 saturated carbocycles. The van der Waals surface area contributed by atoms with Gasteiger partial charge in [0.2, 0.25) is 0 Å². The number of hydrogen-bond acceptors (Lipinski definition) is 4. The molecule has 0 fully saturated rings. The summed E-state index contributed by atoms with van der Waals surface area (Å²) in [4.78, 5) is 0. The van der Waals surface area contributed by atoms with Crippen molar-refractivity contribution in [2.45, 2.75) is 79.1 Å². The number of unbranched alkanes of at least 4 members (excludes halogenated alkanes) is 4. The molecule has 0 N–H and O–H groups in total. The SMILES string of the molecule is CCCCN(CCCC)[Si](OC)(OC)N(CCCC)CCCC. The van der Waals surface area contributed by atoms with E-state index in [0.717, 1.165) is 26.2 Å². The number of nitrogens with zero attached hydrogens (tertiary/aromatic N) is 2. The molecule has 23 heavy (non-hydrogen) atoms. The summed E-state index contributed by atoms with van der Waals surface area (Å²) in [5.74, 6) is 0. The van der Waals surface area contributed by atoms with Crippen molar-refractivity contribution in [2.24, 2.45) is 0 Å². The van der Waals surface area contributed by atoms with Crippen LogP contribution in [0.25, 0.3) is 0 Å². The Hall–Kier alpha value is 0.0569. The molecule has 0 unspecified atom stereocenters. The fourth-order valence-electron chi connectivity index (χ4n) is 2.98. The molecular formula is C18H42N2O2Si. The summed E-state index contributed by atoms with van der Waals surface area (Å²) in [6.07, 6.45) is 9.69. The molecule has 0 spiro atoms. The molecule has 0 saturated heterocycles. The summed E-state index contributed by atoms with van der Waals surface area (Å²) in [6.45, 7) is 13.4. The van der Waals surface area contributed by atoms with Crippen molar-refractivity contribution in [1.82, 2.24) is 9.13 Å². The quantitative estimate of drug-likeness (QED) is 0.384. The Morgan fingerprint density at radius 1 is 0.565 bits per heavy atom. The van der Waals surface area contributed by atoms with E-state index < -0.39 is 8.88 Å². The van der Waals surface area contributed by atoms with Gasteiger partial charge in [0.1, 0.15) is 0 Å². The van der Waals surface area contributed by atoms with E-state index in [1.54, 1.807) is 0 Å². The van der Waals surface area contributed by atoms with Gasteiger partial charge in [0.25, 0.3) is 0 Å². The Kier molecular flexibility index (Phi) is 14.4. The first kappa shape index (κ1) is 23.1. The molecule has 0 aromatic heterocycles. The van der Waals surface area contributed by atoms with E-state index in [9.17, 15) is 0 Å². The summed E-state index contributed by atoms with van der Waals surface area (Å²) in [5, 5.41) is 0. The molecule has 0 atom stereocenters. The molecule has 4 nitrogen and oxygen atoms in total. The van der Waals surface area contributed by atoms with Gasteiger partial charge >= 0.3 is 8.88 Å². The van der Waals surface area contributed by atoms with E-state index >= 15 is 0 Å². The van der Waals surface area contributed by atoms with Gasteiger partial charge in [-0.3, -0.25) is 9.13 Å². The highest BCUT2D eigenvalue weighted by Gasteiger charge is 2.49. The Morgan fingerprint density at radius 3 is 1.00 bits per heavy atom. The zero-order chi connectivity index (χ0) is 17.6. The Labute approximate surface area is 146 Å². The molecule has 0 radical (unpaired) electrons. The zero-order valence-electron chi connectivity index (χ0n) is 16.7. The first-order valence-electron chi connectivity index (χ1n) is 9.77. The van der Waals surface area contributed by atoms with E-state index in [4.69, 9.17) is 8.85 Å². The lowest BCUT2D eigenvalue weighted by Gasteiger charge is -2.44. The van der Waals surface area contributed by atoms with Crippen LogP contribution in [-0.2, 0) is 8.85 Å². The first-order valence-corrected chi connectivity index (χ1v) is 11.5. The minimum atomic E-state index is -2.48. The van der Waals surface area contributed by atoms with E-state index in [0.29, 0.717) is 0 Å². The summed E-state index contributed by atoms with van der Waals surface area (Å²) >= 11 is 0. The van der Waals surface area contributed by atoms with Gasteiger partial charge in [0.05, 0.1) is 0 Å². The number of rotatable bonds is 16.